The van der Waals surface area contributed by atoms with E-state index >= 15 is 0 Å². The Kier molecular flexibility index (Phi) is 12.4. The monoisotopic (exact) mass is 691 g/mol. The van der Waals surface area contributed by atoms with Crippen molar-refractivity contribution in [2.24, 2.45) is 46.3 Å². The molecule has 2 aromatic rings. The van der Waals surface area contributed by atoms with Gasteiger partial charge in [0.1, 0.15) is 11.9 Å². The van der Waals surface area contributed by atoms with Crippen molar-refractivity contribution in [1.29, 1.82) is 5.26 Å². The van der Waals surface area contributed by atoms with Crippen LogP contribution in [0.3, 0.4) is 0 Å². The molecule has 0 bridgehead atoms. The minimum Gasteiger partial charge on any atom is -0.494 e. The summed E-state index contributed by atoms with van der Waals surface area (Å²) in [7, 11) is 0. The van der Waals surface area contributed by atoms with Gasteiger partial charge in [0.2, 0.25) is 0 Å². The van der Waals surface area contributed by atoms with Crippen molar-refractivity contribution in [2.45, 2.75) is 143 Å². The van der Waals surface area contributed by atoms with Crippen LogP contribution in [0.25, 0.3) is 11.1 Å². The van der Waals surface area contributed by atoms with Gasteiger partial charge in [-0.3, -0.25) is 4.79 Å². The lowest BCUT2D eigenvalue weighted by Crippen LogP contribution is -2.51. The molecule has 2 aromatic carbocycles. The summed E-state index contributed by atoms with van der Waals surface area (Å²) in [5, 5.41) is 9.01. The average Bonchev–Trinajstić information content (AvgIpc) is 3.49. The minimum atomic E-state index is -0.00978. The molecule has 0 heterocycles. The van der Waals surface area contributed by atoms with E-state index in [9.17, 15) is 4.79 Å². The second-order valence-electron chi connectivity index (χ2n) is 17.9. The highest BCUT2D eigenvalue weighted by molar-refractivity contribution is 5.69. The number of nitrogens with zero attached hydrogens (tertiary/aromatic N) is 1. The van der Waals surface area contributed by atoms with Crippen LogP contribution in [0, 0.1) is 57.7 Å². The first-order valence-corrected chi connectivity index (χ1v) is 20.7. The molecule has 3 saturated carbocycles. The molecule has 51 heavy (non-hydrogen) atoms. The molecule has 8 atom stereocenters. The summed E-state index contributed by atoms with van der Waals surface area (Å²) < 4.78 is 12.1. The van der Waals surface area contributed by atoms with Crippen molar-refractivity contribution in [1.82, 2.24) is 0 Å². The first-order chi connectivity index (χ1) is 24.6. The zero-order valence-electron chi connectivity index (χ0n) is 32.4. The third kappa shape index (κ3) is 8.61. The fraction of sp³-hybridized carbons (Fsp3) is 0.660. The molecule has 0 amide bonds. The highest BCUT2D eigenvalue weighted by Crippen LogP contribution is 2.67. The van der Waals surface area contributed by atoms with Gasteiger partial charge in [-0.2, -0.15) is 5.26 Å². The molecule has 0 N–H and O–H groups in total. The predicted octanol–water partition coefficient (Wildman–Crippen LogP) is 12.5. The van der Waals surface area contributed by atoms with Gasteiger partial charge in [-0.15, -0.1) is 0 Å². The maximum atomic E-state index is 12.9. The van der Waals surface area contributed by atoms with Crippen LogP contribution in [0.4, 0.5) is 0 Å². The molecule has 0 radical (unpaired) electrons. The number of rotatable bonds is 15. The lowest BCUT2D eigenvalue weighted by molar-refractivity contribution is -0.151. The van der Waals surface area contributed by atoms with Crippen LogP contribution in [0.5, 0.6) is 5.75 Å². The lowest BCUT2D eigenvalue weighted by Gasteiger charge is -2.58. The molecule has 4 heteroatoms. The highest BCUT2D eigenvalue weighted by atomic mass is 16.5. The topological polar surface area (TPSA) is 59.3 Å². The fourth-order valence-corrected chi connectivity index (χ4v) is 11.4. The second-order valence-corrected chi connectivity index (χ2v) is 17.9. The summed E-state index contributed by atoms with van der Waals surface area (Å²) in [5.74, 6) is 5.98. The van der Waals surface area contributed by atoms with E-state index in [4.69, 9.17) is 14.7 Å². The summed E-state index contributed by atoms with van der Waals surface area (Å²) in [4.78, 5) is 12.9. The number of carbonyl (C=O) groups is 1. The van der Waals surface area contributed by atoms with Gasteiger partial charge in [0, 0.05) is 12.8 Å². The molecule has 4 aliphatic carbocycles. The summed E-state index contributed by atoms with van der Waals surface area (Å²) in [6.45, 7) is 13.3. The molecular formula is C47H65NO3. The Balaban J connectivity index is 0.890. The van der Waals surface area contributed by atoms with Crippen molar-refractivity contribution in [3.63, 3.8) is 0 Å². The number of carbonyl (C=O) groups excluding carboxylic acids is 1. The number of benzene rings is 2. The number of nitriles is 1. The number of fused-ring (bicyclic) bond motifs is 5. The number of unbranched alkanes of at least 4 members (excludes halogenated alkanes) is 3. The first-order valence-electron chi connectivity index (χ1n) is 20.7. The Labute approximate surface area is 309 Å². The van der Waals surface area contributed by atoms with E-state index in [-0.39, 0.29) is 12.1 Å². The Morgan fingerprint density at radius 2 is 1.57 bits per heavy atom. The number of hydrogen-bond acceptors (Lipinski definition) is 4. The van der Waals surface area contributed by atoms with Gasteiger partial charge in [-0.1, -0.05) is 103 Å². The van der Waals surface area contributed by atoms with E-state index in [0.717, 1.165) is 90.9 Å². The molecule has 0 aromatic heterocycles. The van der Waals surface area contributed by atoms with Gasteiger partial charge >= 0.3 is 5.97 Å². The molecule has 0 spiro atoms. The van der Waals surface area contributed by atoms with E-state index in [1.807, 2.05) is 36.4 Å². The summed E-state index contributed by atoms with van der Waals surface area (Å²) in [6.07, 6.45) is 21.4. The summed E-state index contributed by atoms with van der Waals surface area (Å²) in [5.41, 5.74) is 5.30. The minimum absolute atomic E-state index is 0.00978. The standard InChI is InChI=1S/C47H65NO3/c1-33(2)11-10-12-34(3)42-24-25-43-41-23-20-38-31-40(26-28-46(38,4)44(41)27-29-47(42,43)5)51-45(49)13-8-6-7-9-30-50-39-21-18-37(19-22-39)36-16-14-35(32-48)15-17-36/h14-22,33-34,40-44H,6-13,23-31H2,1-5H3/t34-,40+,41+,42-,43+,44+,46+,47-/m1/s1. The smallest absolute Gasteiger partial charge is 0.306 e. The van der Waals surface area contributed by atoms with Gasteiger partial charge in [0.15, 0.2) is 0 Å². The summed E-state index contributed by atoms with van der Waals surface area (Å²) in [6, 6.07) is 17.9. The van der Waals surface area contributed by atoms with Gasteiger partial charge in [0.25, 0.3) is 0 Å². The molecule has 0 unspecified atom stereocenters. The van der Waals surface area contributed by atoms with Crippen molar-refractivity contribution in [3.8, 4) is 22.9 Å². The molecule has 6 rings (SSSR count). The van der Waals surface area contributed by atoms with Gasteiger partial charge in [-0.05, 0) is 140 Å². The van der Waals surface area contributed by atoms with E-state index in [1.165, 1.54) is 57.8 Å². The van der Waals surface area contributed by atoms with Crippen LogP contribution in [0.2, 0.25) is 0 Å². The molecule has 4 aliphatic rings. The molecule has 0 aliphatic heterocycles. The third-order valence-electron chi connectivity index (χ3n) is 14.3. The normalized spacial score (nSPS) is 30.4. The van der Waals surface area contributed by atoms with Crippen molar-refractivity contribution in [3.05, 3.63) is 65.7 Å². The molecule has 4 nitrogen and oxygen atoms in total. The Morgan fingerprint density at radius 1 is 0.843 bits per heavy atom. The maximum absolute atomic E-state index is 12.9. The van der Waals surface area contributed by atoms with E-state index < -0.39 is 0 Å². The lowest BCUT2D eigenvalue weighted by atomic mass is 9.47. The van der Waals surface area contributed by atoms with Crippen LogP contribution in [-0.4, -0.2) is 18.7 Å². The first kappa shape index (κ1) is 37.7. The van der Waals surface area contributed by atoms with Gasteiger partial charge in [-0.25, -0.2) is 0 Å². The zero-order valence-corrected chi connectivity index (χ0v) is 32.4. The highest BCUT2D eigenvalue weighted by Gasteiger charge is 2.59. The Morgan fingerprint density at radius 3 is 2.29 bits per heavy atom. The van der Waals surface area contributed by atoms with Gasteiger partial charge < -0.3 is 9.47 Å². The molecule has 276 valence electrons. The van der Waals surface area contributed by atoms with Crippen LogP contribution < -0.4 is 4.74 Å². The van der Waals surface area contributed by atoms with Crippen molar-refractivity contribution < 1.29 is 14.3 Å². The number of allylic oxidation sites excluding steroid dienone is 1. The summed E-state index contributed by atoms with van der Waals surface area (Å²) >= 11 is 0. The van der Waals surface area contributed by atoms with Crippen molar-refractivity contribution >= 4 is 5.97 Å². The maximum Gasteiger partial charge on any atom is 0.306 e. The number of ether oxygens (including phenoxy) is 2. The van der Waals surface area contributed by atoms with Crippen LogP contribution in [-0.2, 0) is 9.53 Å². The average molecular weight is 692 g/mol. The van der Waals surface area contributed by atoms with E-state index in [0.29, 0.717) is 29.4 Å². The number of hydrogen-bond donors (Lipinski definition) is 0. The predicted molar refractivity (Wildman–Crippen MR) is 208 cm³/mol. The second kappa shape index (κ2) is 16.7. The van der Waals surface area contributed by atoms with Crippen LogP contribution >= 0.6 is 0 Å². The SMILES string of the molecule is CC(C)CCC[C@@H](C)[C@H]1CC[C@H]2[C@@H]3CC=C4C[C@@H](OC(=O)CCCCCCOc5ccc(-c6ccc(C#N)cc6)cc5)CC[C@]4(C)[C@H]3CC[C@]12C. The Bertz CT molecular complexity index is 1520. The number of esters is 1. The van der Waals surface area contributed by atoms with Gasteiger partial charge in [0.05, 0.1) is 18.2 Å². The Hall–Kier alpha value is -3.06. The quantitative estimate of drug-likeness (QED) is 0.106. The van der Waals surface area contributed by atoms with Crippen LogP contribution in [0.15, 0.2) is 60.2 Å². The molecule has 3 fully saturated rings. The largest absolute Gasteiger partial charge is 0.494 e. The third-order valence-corrected chi connectivity index (χ3v) is 14.3. The van der Waals surface area contributed by atoms with E-state index in [1.54, 1.807) is 5.57 Å². The zero-order chi connectivity index (χ0) is 36.0. The van der Waals surface area contributed by atoms with E-state index in [2.05, 4.69) is 58.9 Å². The van der Waals surface area contributed by atoms with Crippen LogP contribution in [0.1, 0.15) is 143 Å². The van der Waals surface area contributed by atoms with Crippen molar-refractivity contribution in [2.75, 3.05) is 6.61 Å². The molecular weight excluding hydrogens is 627 g/mol. The molecule has 0 saturated heterocycles. The fourth-order valence-electron chi connectivity index (χ4n) is 11.4.